The lowest BCUT2D eigenvalue weighted by atomic mass is 10.2. The van der Waals surface area contributed by atoms with Crippen LogP contribution in [-0.4, -0.2) is 17.0 Å². The number of anilines is 1. The monoisotopic (exact) mass is 209 g/mol. The Labute approximate surface area is 86.7 Å². The zero-order valence-electron chi connectivity index (χ0n) is 8.40. The van der Waals surface area contributed by atoms with E-state index in [4.69, 9.17) is 4.74 Å². The Morgan fingerprint density at radius 2 is 2.00 bits per heavy atom. The molecular weight excluding hydrogens is 198 g/mol. The molecule has 0 bridgehead atoms. The molecule has 1 rings (SSSR count). The number of nitrogens with one attached hydrogen (secondary N) is 1. The number of carbonyl (C=O) groups excluding carboxylic acids is 2. The number of hydrogen-bond donors (Lipinski definition) is 2. The van der Waals surface area contributed by atoms with Crippen LogP contribution in [0.2, 0.25) is 0 Å². The average Bonchev–Trinajstić information content (AvgIpc) is 2.09. The standard InChI is InChI=1S/C10H11NO4/c1-6(12)11-8-3-4-9(14)10(5-8)15-7(2)13/h3-5,14H,1-2H3,(H,11,12). The average molecular weight is 209 g/mol. The maximum atomic E-state index is 10.8. The first-order valence-corrected chi connectivity index (χ1v) is 4.28. The quantitative estimate of drug-likeness (QED) is 0.437. The molecule has 0 aliphatic heterocycles. The summed E-state index contributed by atoms with van der Waals surface area (Å²) in [5.41, 5.74) is 0.455. The predicted molar refractivity (Wildman–Crippen MR) is 53.7 cm³/mol. The zero-order valence-corrected chi connectivity index (χ0v) is 8.40. The van der Waals surface area contributed by atoms with Crippen LogP contribution in [0.4, 0.5) is 5.69 Å². The molecule has 0 saturated heterocycles. The Hall–Kier alpha value is -2.04. The molecule has 0 unspecified atom stereocenters. The van der Waals surface area contributed by atoms with Crippen LogP contribution >= 0.6 is 0 Å². The Bertz CT molecular complexity index is 400. The number of carbonyl (C=O) groups is 2. The van der Waals surface area contributed by atoms with Crippen LogP contribution < -0.4 is 10.1 Å². The van der Waals surface area contributed by atoms with Crippen molar-refractivity contribution in [2.24, 2.45) is 0 Å². The van der Waals surface area contributed by atoms with Gasteiger partial charge in [-0.2, -0.15) is 0 Å². The van der Waals surface area contributed by atoms with Crippen LogP contribution in [-0.2, 0) is 9.59 Å². The first kappa shape index (κ1) is 11.0. The normalized spacial score (nSPS) is 9.47. The minimum absolute atomic E-state index is 0.0220. The molecule has 0 atom stereocenters. The number of benzene rings is 1. The number of phenolic OH excluding ortho intramolecular Hbond substituents is 1. The highest BCUT2D eigenvalue weighted by atomic mass is 16.5. The number of aromatic hydroxyl groups is 1. The molecule has 0 saturated carbocycles. The fourth-order valence-corrected chi connectivity index (χ4v) is 1.03. The van der Waals surface area contributed by atoms with Gasteiger partial charge in [-0.3, -0.25) is 9.59 Å². The van der Waals surface area contributed by atoms with Gasteiger partial charge < -0.3 is 15.2 Å². The summed E-state index contributed by atoms with van der Waals surface area (Å²) in [6.45, 7) is 2.59. The molecule has 1 aromatic rings. The molecule has 0 heterocycles. The van der Waals surface area contributed by atoms with Crippen molar-refractivity contribution in [1.29, 1.82) is 0 Å². The summed E-state index contributed by atoms with van der Waals surface area (Å²) >= 11 is 0. The molecule has 1 aromatic carbocycles. The van der Waals surface area contributed by atoms with E-state index in [1.165, 1.54) is 32.0 Å². The van der Waals surface area contributed by atoms with Gasteiger partial charge in [-0.05, 0) is 12.1 Å². The largest absolute Gasteiger partial charge is 0.504 e. The van der Waals surface area contributed by atoms with Crippen LogP contribution in [0.25, 0.3) is 0 Å². The van der Waals surface area contributed by atoms with E-state index in [2.05, 4.69) is 5.32 Å². The van der Waals surface area contributed by atoms with Gasteiger partial charge in [0, 0.05) is 25.6 Å². The minimum Gasteiger partial charge on any atom is -0.504 e. The zero-order chi connectivity index (χ0) is 11.4. The third-order valence-electron chi connectivity index (χ3n) is 1.53. The van der Waals surface area contributed by atoms with Gasteiger partial charge in [-0.1, -0.05) is 0 Å². The molecule has 5 heteroatoms. The Kier molecular flexibility index (Phi) is 3.28. The topological polar surface area (TPSA) is 75.6 Å². The molecular formula is C10H11NO4. The Morgan fingerprint density at radius 1 is 1.33 bits per heavy atom. The van der Waals surface area contributed by atoms with E-state index < -0.39 is 5.97 Å². The van der Waals surface area contributed by atoms with E-state index in [-0.39, 0.29) is 17.4 Å². The molecule has 80 valence electrons. The number of amides is 1. The second kappa shape index (κ2) is 4.45. The van der Waals surface area contributed by atoms with Crippen molar-refractivity contribution >= 4 is 17.6 Å². The fraction of sp³-hybridized carbons (Fsp3) is 0.200. The van der Waals surface area contributed by atoms with E-state index in [0.29, 0.717) is 5.69 Å². The summed E-state index contributed by atoms with van der Waals surface area (Å²) < 4.78 is 4.73. The second-order valence-corrected chi connectivity index (χ2v) is 2.96. The van der Waals surface area contributed by atoms with Gasteiger partial charge in [0.15, 0.2) is 11.5 Å². The van der Waals surface area contributed by atoms with E-state index in [1.807, 2.05) is 0 Å². The van der Waals surface area contributed by atoms with Gasteiger partial charge in [0.2, 0.25) is 5.91 Å². The molecule has 1 amide bonds. The van der Waals surface area contributed by atoms with Crippen LogP contribution in [0.3, 0.4) is 0 Å². The van der Waals surface area contributed by atoms with Crippen molar-refractivity contribution in [2.75, 3.05) is 5.32 Å². The van der Waals surface area contributed by atoms with Crippen molar-refractivity contribution in [3.8, 4) is 11.5 Å². The number of esters is 1. The maximum Gasteiger partial charge on any atom is 0.308 e. The van der Waals surface area contributed by atoms with Crippen molar-refractivity contribution in [2.45, 2.75) is 13.8 Å². The highest BCUT2D eigenvalue weighted by Crippen LogP contribution is 2.29. The third kappa shape index (κ3) is 3.30. The summed E-state index contributed by atoms with van der Waals surface area (Å²) in [4.78, 5) is 21.4. The van der Waals surface area contributed by atoms with E-state index in [0.717, 1.165) is 0 Å². The molecule has 0 fully saturated rings. The highest BCUT2D eigenvalue weighted by molar-refractivity contribution is 5.89. The second-order valence-electron chi connectivity index (χ2n) is 2.96. The first-order chi connectivity index (χ1) is 6.99. The predicted octanol–water partition coefficient (Wildman–Crippen LogP) is 1.28. The summed E-state index contributed by atoms with van der Waals surface area (Å²) in [7, 11) is 0. The lowest BCUT2D eigenvalue weighted by Gasteiger charge is -2.07. The van der Waals surface area contributed by atoms with Crippen molar-refractivity contribution in [3.05, 3.63) is 18.2 Å². The minimum atomic E-state index is -0.537. The lowest BCUT2D eigenvalue weighted by molar-refractivity contribution is -0.132. The van der Waals surface area contributed by atoms with E-state index in [9.17, 15) is 14.7 Å². The van der Waals surface area contributed by atoms with Gasteiger partial charge in [-0.25, -0.2) is 0 Å². The van der Waals surface area contributed by atoms with Crippen LogP contribution in [0, 0.1) is 0 Å². The number of rotatable bonds is 2. The van der Waals surface area contributed by atoms with E-state index in [1.54, 1.807) is 0 Å². The molecule has 0 spiro atoms. The SMILES string of the molecule is CC(=O)Nc1ccc(O)c(OC(C)=O)c1. The van der Waals surface area contributed by atoms with Gasteiger partial charge in [0.1, 0.15) is 0 Å². The summed E-state index contributed by atoms with van der Waals surface area (Å²) in [5, 5.41) is 11.8. The number of hydrogen-bond acceptors (Lipinski definition) is 4. The number of phenols is 1. The Balaban J connectivity index is 2.94. The molecule has 0 aliphatic carbocycles. The first-order valence-electron chi connectivity index (χ1n) is 4.28. The van der Waals surface area contributed by atoms with Gasteiger partial charge in [0.25, 0.3) is 0 Å². The molecule has 0 aliphatic rings. The van der Waals surface area contributed by atoms with Crippen LogP contribution in [0.5, 0.6) is 11.5 Å². The van der Waals surface area contributed by atoms with Gasteiger partial charge in [0.05, 0.1) is 0 Å². The van der Waals surface area contributed by atoms with E-state index >= 15 is 0 Å². The van der Waals surface area contributed by atoms with Crippen molar-refractivity contribution in [3.63, 3.8) is 0 Å². The van der Waals surface area contributed by atoms with Gasteiger partial charge >= 0.3 is 5.97 Å². The fourth-order valence-electron chi connectivity index (χ4n) is 1.03. The highest BCUT2D eigenvalue weighted by Gasteiger charge is 2.06. The third-order valence-corrected chi connectivity index (χ3v) is 1.53. The molecule has 2 N–H and O–H groups in total. The lowest BCUT2D eigenvalue weighted by Crippen LogP contribution is -2.06. The molecule has 0 radical (unpaired) electrons. The summed E-state index contributed by atoms with van der Waals surface area (Å²) in [5.74, 6) is -0.909. The maximum absolute atomic E-state index is 10.8. The van der Waals surface area contributed by atoms with Crippen molar-refractivity contribution in [1.82, 2.24) is 0 Å². The number of ether oxygens (including phenoxy) is 1. The molecule has 15 heavy (non-hydrogen) atoms. The van der Waals surface area contributed by atoms with Crippen LogP contribution in [0.15, 0.2) is 18.2 Å². The van der Waals surface area contributed by atoms with Crippen LogP contribution in [0.1, 0.15) is 13.8 Å². The summed E-state index contributed by atoms with van der Waals surface area (Å²) in [6.07, 6.45) is 0. The van der Waals surface area contributed by atoms with Gasteiger partial charge in [-0.15, -0.1) is 0 Å². The summed E-state index contributed by atoms with van der Waals surface area (Å²) in [6, 6.07) is 4.21. The molecule has 5 nitrogen and oxygen atoms in total. The molecule has 0 aromatic heterocycles. The Morgan fingerprint density at radius 3 is 2.53 bits per heavy atom. The van der Waals surface area contributed by atoms with Crippen molar-refractivity contribution < 1.29 is 19.4 Å². The smallest absolute Gasteiger partial charge is 0.308 e.